The van der Waals surface area contributed by atoms with Crippen LogP contribution in [0.5, 0.6) is 0 Å². The third-order valence-corrected chi connectivity index (χ3v) is 6.25. The van der Waals surface area contributed by atoms with Gasteiger partial charge in [-0.05, 0) is 34.7 Å². The van der Waals surface area contributed by atoms with E-state index in [4.69, 9.17) is 20.8 Å². The second-order valence-corrected chi connectivity index (χ2v) is 9.80. The number of ether oxygens (including phenoxy) is 1. The van der Waals surface area contributed by atoms with Crippen LogP contribution in [-0.2, 0) is 10.2 Å². The van der Waals surface area contributed by atoms with Gasteiger partial charge in [0, 0.05) is 30.7 Å². The average molecular weight is 469 g/mol. The molecule has 7 heteroatoms. The van der Waals surface area contributed by atoms with Gasteiger partial charge in [-0.25, -0.2) is 0 Å². The van der Waals surface area contributed by atoms with E-state index in [0.717, 1.165) is 18.7 Å². The summed E-state index contributed by atoms with van der Waals surface area (Å²) in [5, 5.41) is 3.76. The van der Waals surface area contributed by atoms with Gasteiger partial charge in [-0.3, -0.25) is 14.5 Å². The van der Waals surface area contributed by atoms with E-state index in [0.29, 0.717) is 35.8 Å². The number of fused-ring (bicyclic) bond motifs is 1. The minimum atomic E-state index is -0.423. The molecule has 6 nitrogen and oxygen atoms in total. The number of carbonyl (C=O) groups excluding carboxylic acids is 1. The minimum Gasteiger partial charge on any atom is -0.451 e. The lowest BCUT2D eigenvalue weighted by atomic mass is 9.86. The number of benzene rings is 2. The van der Waals surface area contributed by atoms with Crippen LogP contribution in [0, 0.1) is 0 Å². The van der Waals surface area contributed by atoms with Gasteiger partial charge in [-0.15, -0.1) is 0 Å². The fourth-order valence-corrected chi connectivity index (χ4v) is 4.24. The third kappa shape index (κ3) is 5.46. The lowest BCUT2D eigenvalue weighted by Crippen LogP contribution is -2.43. The van der Waals surface area contributed by atoms with Gasteiger partial charge in [0.15, 0.2) is 11.2 Å². The molecule has 1 aromatic heterocycles. The van der Waals surface area contributed by atoms with Crippen LogP contribution in [0.2, 0.25) is 5.02 Å². The SMILES string of the molecule is CC(C)(C)c1ccc([C@H](CNC(=O)c2cc(=O)c3cc(Cl)ccc3o2)N2CCOCC2)cc1. The summed E-state index contributed by atoms with van der Waals surface area (Å²) in [4.78, 5) is 27.7. The number of halogens is 1. The smallest absolute Gasteiger partial charge is 0.287 e. The second-order valence-electron chi connectivity index (χ2n) is 9.36. The molecule has 1 amide bonds. The molecule has 3 aromatic rings. The molecule has 4 rings (SSSR count). The molecule has 1 fully saturated rings. The number of carbonyl (C=O) groups is 1. The van der Waals surface area contributed by atoms with Gasteiger partial charge in [-0.2, -0.15) is 0 Å². The number of hydrogen-bond donors (Lipinski definition) is 1. The molecule has 1 aliphatic rings. The average Bonchev–Trinajstić information content (AvgIpc) is 2.80. The van der Waals surface area contributed by atoms with E-state index in [-0.39, 0.29) is 22.6 Å². The quantitative estimate of drug-likeness (QED) is 0.595. The van der Waals surface area contributed by atoms with Crippen LogP contribution in [0.25, 0.3) is 11.0 Å². The number of amides is 1. The summed E-state index contributed by atoms with van der Waals surface area (Å²) in [6.07, 6.45) is 0. The van der Waals surface area contributed by atoms with E-state index < -0.39 is 5.91 Å². The summed E-state index contributed by atoms with van der Waals surface area (Å²) in [6, 6.07) is 14.5. The molecule has 0 saturated carbocycles. The Bertz CT molecular complexity index is 1190. The Morgan fingerprint density at radius 1 is 1.09 bits per heavy atom. The maximum absolute atomic E-state index is 12.9. The maximum Gasteiger partial charge on any atom is 0.287 e. The van der Waals surface area contributed by atoms with Gasteiger partial charge < -0.3 is 14.5 Å². The standard InChI is InChI=1S/C26H29ClN2O4/c1-26(2,3)18-6-4-17(5-7-18)21(29-10-12-32-13-11-29)16-28-25(31)24-15-22(30)20-14-19(27)8-9-23(20)33-24/h4-9,14-15,21H,10-13,16H2,1-3H3,(H,28,31)/t21-/m0/s1. The Balaban J connectivity index is 1.55. The summed E-state index contributed by atoms with van der Waals surface area (Å²) < 4.78 is 11.2. The Morgan fingerprint density at radius 3 is 2.45 bits per heavy atom. The first-order valence-electron chi connectivity index (χ1n) is 11.2. The summed E-state index contributed by atoms with van der Waals surface area (Å²) in [5.41, 5.74) is 2.49. The molecule has 0 bridgehead atoms. The number of hydrogen-bond acceptors (Lipinski definition) is 5. The van der Waals surface area contributed by atoms with Crippen molar-refractivity contribution in [2.24, 2.45) is 0 Å². The van der Waals surface area contributed by atoms with Crippen molar-refractivity contribution in [3.05, 3.63) is 80.7 Å². The molecule has 1 saturated heterocycles. The highest BCUT2D eigenvalue weighted by Crippen LogP contribution is 2.27. The topological polar surface area (TPSA) is 71.8 Å². The van der Waals surface area contributed by atoms with E-state index in [2.05, 4.69) is 55.3 Å². The fourth-order valence-electron chi connectivity index (χ4n) is 4.07. The van der Waals surface area contributed by atoms with E-state index in [1.165, 1.54) is 11.6 Å². The van der Waals surface area contributed by atoms with Crippen LogP contribution < -0.4 is 10.7 Å². The van der Waals surface area contributed by atoms with Crippen molar-refractivity contribution in [1.29, 1.82) is 0 Å². The van der Waals surface area contributed by atoms with Crippen LogP contribution in [0.15, 0.2) is 57.7 Å². The van der Waals surface area contributed by atoms with Gasteiger partial charge in [0.1, 0.15) is 5.58 Å². The zero-order chi connectivity index (χ0) is 23.6. The minimum absolute atomic E-state index is 0.0152. The molecule has 2 aromatic carbocycles. The van der Waals surface area contributed by atoms with Gasteiger partial charge in [0.05, 0.1) is 24.6 Å². The first-order valence-corrected chi connectivity index (χ1v) is 11.5. The van der Waals surface area contributed by atoms with Crippen molar-refractivity contribution in [3.63, 3.8) is 0 Å². The first-order chi connectivity index (χ1) is 15.7. The molecule has 2 heterocycles. The molecule has 1 N–H and O–H groups in total. The van der Waals surface area contributed by atoms with Crippen molar-refractivity contribution in [3.8, 4) is 0 Å². The Kier molecular flexibility index (Phi) is 6.88. The summed E-state index contributed by atoms with van der Waals surface area (Å²) in [7, 11) is 0. The van der Waals surface area contributed by atoms with Crippen molar-refractivity contribution in [2.45, 2.75) is 32.2 Å². The van der Waals surface area contributed by atoms with E-state index in [1.54, 1.807) is 18.2 Å². The van der Waals surface area contributed by atoms with Crippen molar-refractivity contribution < 1.29 is 13.9 Å². The zero-order valence-electron chi connectivity index (χ0n) is 19.2. The molecular weight excluding hydrogens is 440 g/mol. The largest absolute Gasteiger partial charge is 0.451 e. The normalized spacial score (nSPS) is 16.0. The number of morpholine rings is 1. The Hall–Kier alpha value is -2.67. The second kappa shape index (κ2) is 9.67. The molecular formula is C26H29ClN2O4. The number of nitrogens with one attached hydrogen (secondary N) is 1. The first kappa shape index (κ1) is 23.5. The number of rotatable bonds is 5. The van der Waals surface area contributed by atoms with Crippen LogP contribution in [0.3, 0.4) is 0 Å². The van der Waals surface area contributed by atoms with Crippen molar-refractivity contribution >= 4 is 28.5 Å². The van der Waals surface area contributed by atoms with Gasteiger partial charge in [0.2, 0.25) is 0 Å². The zero-order valence-corrected chi connectivity index (χ0v) is 19.9. The molecule has 0 spiro atoms. The van der Waals surface area contributed by atoms with Gasteiger partial charge in [0.25, 0.3) is 5.91 Å². The fraction of sp³-hybridized carbons (Fsp3) is 0.385. The van der Waals surface area contributed by atoms with Crippen LogP contribution >= 0.6 is 11.6 Å². The lowest BCUT2D eigenvalue weighted by Gasteiger charge is -2.35. The monoisotopic (exact) mass is 468 g/mol. The molecule has 0 radical (unpaired) electrons. The summed E-state index contributed by atoms with van der Waals surface area (Å²) in [6.45, 7) is 9.84. The summed E-state index contributed by atoms with van der Waals surface area (Å²) in [5.74, 6) is -0.438. The Morgan fingerprint density at radius 2 is 1.79 bits per heavy atom. The van der Waals surface area contributed by atoms with Crippen molar-refractivity contribution in [1.82, 2.24) is 10.2 Å². The molecule has 0 aliphatic carbocycles. The molecule has 33 heavy (non-hydrogen) atoms. The van der Waals surface area contributed by atoms with E-state index in [1.807, 2.05) is 0 Å². The predicted molar refractivity (Wildman–Crippen MR) is 130 cm³/mol. The maximum atomic E-state index is 12.9. The number of nitrogens with zero attached hydrogens (tertiary/aromatic N) is 1. The predicted octanol–water partition coefficient (Wildman–Crippen LogP) is 4.55. The molecule has 0 unspecified atom stereocenters. The van der Waals surface area contributed by atoms with Gasteiger partial charge >= 0.3 is 0 Å². The van der Waals surface area contributed by atoms with Crippen molar-refractivity contribution in [2.75, 3.05) is 32.8 Å². The van der Waals surface area contributed by atoms with E-state index >= 15 is 0 Å². The lowest BCUT2D eigenvalue weighted by molar-refractivity contribution is 0.0161. The van der Waals surface area contributed by atoms with E-state index in [9.17, 15) is 9.59 Å². The highest BCUT2D eigenvalue weighted by Gasteiger charge is 2.25. The highest BCUT2D eigenvalue weighted by atomic mass is 35.5. The van der Waals surface area contributed by atoms with Crippen LogP contribution in [0.1, 0.15) is 48.5 Å². The van der Waals surface area contributed by atoms with Gasteiger partial charge in [-0.1, -0.05) is 56.6 Å². The van der Waals surface area contributed by atoms with Crippen LogP contribution in [0.4, 0.5) is 0 Å². The van der Waals surface area contributed by atoms with Crippen LogP contribution in [-0.4, -0.2) is 43.7 Å². The molecule has 1 atom stereocenters. The highest BCUT2D eigenvalue weighted by molar-refractivity contribution is 6.31. The molecule has 1 aliphatic heterocycles. The third-order valence-electron chi connectivity index (χ3n) is 6.02. The molecule has 174 valence electrons. The summed E-state index contributed by atoms with van der Waals surface area (Å²) >= 11 is 5.97. The Labute approximate surface area is 198 Å².